The zero-order chi connectivity index (χ0) is 16.6. The van der Waals surface area contributed by atoms with Crippen LogP contribution >= 0.6 is 0 Å². The molecule has 1 amide bonds. The van der Waals surface area contributed by atoms with Gasteiger partial charge in [0, 0.05) is 17.3 Å². The molecule has 4 nitrogen and oxygen atoms in total. The summed E-state index contributed by atoms with van der Waals surface area (Å²) in [7, 11) is 0. The van der Waals surface area contributed by atoms with Crippen molar-refractivity contribution >= 4 is 11.6 Å². The number of nitrogens with one attached hydrogen (secondary N) is 1. The van der Waals surface area contributed by atoms with E-state index in [1.807, 2.05) is 0 Å². The molecular weight excluding hydrogens is 314 g/mol. The normalized spacial score (nSPS) is 14.8. The predicted octanol–water partition coefficient (Wildman–Crippen LogP) is 3.56. The predicted molar refractivity (Wildman–Crippen MR) is 74.2 cm³/mol. The van der Waals surface area contributed by atoms with Crippen LogP contribution in [0.25, 0.3) is 0 Å². The Bertz CT molecular complexity index is 735. The van der Waals surface area contributed by atoms with Gasteiger partial charge in [0.25, 0.3) is 0 Å². The highest BCUT2D eigenvalue weighted by Gasteiger charge is 2.38. The molecule has 1 aliphatic carbocycles. The molecule has 1 heterocycles. The quantitative estimate of drug-likeness (QED) is 0.873. The number of amides is 1. The van der Waals surface area contributed by atoms with E-state index in [4.69, 9.17) is 0 Å². The number of benzene rings is 1. The molecule has 0 atom stereocenters. The smallest absolute Gasteiger partial charge is 0.324 e. The third kappa shape index (κ3) is 3.69. The number of carbonyl (C=O) groups is 1. The number of rotatable bonds is 4. The number of carbonyl (C=O) groups excluding carboxylic acids is 1. The van der Waals surface area contributed by atoms with E-state index in [-0.39, 0.29) is 18.2 Å². The van der Waals surface area contributed by atoms with Crippen LogP contribution in [0.5, 0.6) is 0 Å². The first-order valence-corrected chi connectivity index (χ1v) is 7.03. The highest BCUT2D eigenvalue weighted by molar-refractivity contribution is 5.90. The summed E-state index contributed by atoms with van der Waals surface area (Å²) in [6, 6.07) is 6.27. The first kappa shape index (κ1) is 15.5. The van der Waals surface area contributed by atoms with E-state index in [0.717, 1.165) is 29.7 Å². The van der Waals surface area contributed by atoms with Crippen LogP contribution in [0.1, 0.15) is 30.1 Å². The van der Waals surface area contributed by atoms with Crippen LogP contribution in [-0.4, -0.2) is 15.7 Å². The van der Waals surface area contributed by atoms with Crippen LogP contribution in [0.2, 0.25) is 0 Å². The summed E-state index contributed by atoms with van der Waals surface area (Å²) in [6.07, 6.45) is -2.98. The molecule has 0 radical (unpaired) electrons. The molecule has 8 heteroatoms. The van der Waals surface area contributed by atoms with Gasteiger partial charge in [-0.05, 0) is 37.1 Å². The maximum Gasteiger partial charge on any atom is 0.435 e. The van der Waals surface area contributed by atoms with Crippen LogP contribution in [0.3, 0.4) is 0 Å². The van der Waals surface area contributed by atoms with E-state index >= 15 is 0 Å². The van der Waals surface area contributed by atoms with Gasteiger partial charge in [-0.15, -0.1) is 0 Å². The molecule has 1 aromatic carbocycles. The molecule has 3 rings (SSSR count). The summed E-state index contributed by atoms with van der Waals surface area (Å²) in [4.78, 5) is 12.0. The van der Waals surface area contributed by atoms with Crippen molar-refractivity contribution in [3.05, 3.63) is 47.5 Å². The number of nitrogens with zero attached hydrogens (tertiary/aromatic N) is 2. The minimum atomic E-state index is -4.55. The lowest BCUT2D eigenvalue weighted by atomic mass is 10.2. The fourth-order valence-electron chi connectivity index (χ4n) is 2.31. The van der Waals surface area contributed by atoms with Crippen molar-refractivity contribution in [2.45, 2.75) is 31.5 Å². The number of halogens is 4. The molecule has 2 aromatic rings. The molecule has 23 heavy (non-hydrogen) atoms. The van der Waals surface area contributed by atoms with Crippen LogP contribution in [0, 0.1) is 5.82 Å². The number of hydrogen-bond donors (Lipinski definition) is 1. The van der Waals surface area contributed by atoms with Gasteiger partial charge in [-0.1, -0.05) is 6.07 Å². The maximum absolute atomic E-state index is 13.1. The number of anilines is 1. The average molecular weight is 327 g/mol. The lowest BCUT2D eigenvalue weighted by Gasteiger charge is -2.08. The van der Waals surface area contributed by atoms with Gasteiger partial charge in [0.15, 0.2) is 5.69 Å². The van der Waals surface area contributed by atoms with Gasteiger partial charge in [0.1, 0.15) is 12.4 Å². The Kier molecular flexibility index (Phi) is 3.83. The lowest BCUT2D eigenvalue weighted by molar-refractivity contribution is -0.141. The van der Waals surface area contributed by atoms with E-state index in [0.29, 0.717) is 5.69 Å². The fourth-order valence-corrected chi connectivity index (χ4v) is 2.31. The molecule has 1 aliphatic rings. The van der Waals surface area contributed by atoms with Crippen LogP contribution < -0.4 is 5.32 Å². The molecule has 1 fully saturated rings. The van der Waals surface area contributed by atoms with Gasteiger partial charge in [-0.25, -0.2) is 4.39 Å². The summed E-state index contributed by atoms with van der Waals surface area (Å²) in [5.41, 5.74) is -0.351. The second-order valence-corrected chi connectivity index (χ2v) is 5.44. The zero-order valence-corrected chi connectivity index (χ0v) is 11.9. The Morgan fingerprint density at radius 1 is 1.30 bits per heavy atom. The van der Waals surface area contributed by atoms with Crippen molar-refractivity contribution in [1.82, 2.24) is 9.78 Å². The second-order valence-electron chi connectivity index (χ2n) is 5.44. The molecule has 122 valence electrons. The van der Waals surface area contributed by atoms with Crippen LogP contribution in [-0.2, 0) is 17.5 Å². The Labute approximate surface area is 129 Å². The Balaban J connectivity index is 1.76. The second kappa shape index (κ2) is 5.68. The SMILES string of the molecule is O=C(Cn1nc(C(F)(F)F)cc1C1CC1)Nc1cccc(F)c1. The molecule has 0 aliphatic heterocycles. The molecule has 0 unspecified atom stereocenters. The third-order valence-electron chi connectivity index (χ3n) is 3.50. The number of hydrogen-bond acceptors (Lipinski definition) is 2. The number of alkyl halides is 3. The molecule has 1 aromatic heterocycles. The monoisotopic (exact) mass is 327 g/mol. The van der Waals surface area contributed by atoms with Crippen molar-refractivity contribution in [3.63, 3.8) is 0 Å². The Hall–Kier alpha value is -2.38. The Morgan fingerprint density at radius 2 is 2.04 bits per heavy atom. The van der Waals surface area contributed by atoms with E-state index < -0.39 is 23.6 Å². The summed E-state index contributed by atoms with van der Waals surface area (Å²) < 4.78 is 52.5. The standard InChI is InChI=1S/C15H13F4N3O/c16-10-2-1-3-11(6-10)20-14(23)8-22-12(9-4-5-9)7-13(21-22)15(17,18)19/h1-3,6-7,9H,4-5,8H2,(H,20,23). The summed E-state index contributed by atoms with van der Waals surface area (Å²) >= 11 is 0. The van der Waals surface area contributed by atoms with E-state index in [2.05, 4.69) is 10.4 Å². The summed E-state index contributed by atoms with van der Waals surface area (Å²) in [5.74, 6) is -1.06. The fraction of sp³-hybridized carbons (Fsp3) is 0.333. The highest BCUT2D eigenvalue weighted by Crippen LogP contribution is 2.42. The summed E-state index contributed by atoms with van der Waals surface area (Å²) in [5, 5.41) is 5.94. The van der Waals surface area contributed by atoms with Crippen molar-refractivity contribution in [3.8, 4) is 0 Å². The molecule has 0 saturated heterocycles. The van der Waals surface area contributed by atoms with E-state index in [1.165, 1.54) is 18.2 Å². The molecule has 0 spiro atoms. The van der Waals surface area contributed by atoms with E-state index in [9.17, 15) is 22.4 Å². The minimum absolute atomic E-state index is 0.0144. The van der Waals surface area contributed by atoms with Gasteiger partial charge in [0.05, 0.1) is 0 Å². The average Bonchev–Trinajstić information content (AvgIpc) is 3.19. The molecule has 1 N–H and O–H groups in total. The van der Waals surface area contributed by atoms with Gasteiger partial charge in [0.2, 0.25) is 5.91 Å². The molecular formula is C15H13F4N3O. The van der Waals surface area contributed by atoms with Gasteiger partial charge < -0.3 is 5.32 Å². The van der Waals surface area contributed by atoms with Crippen molar-refractivity contribution in [1.29, 1.82) is 0 Å². The van der Waals surface area contributed by atoms with Crippen LogP contribution in [0.4, 0.5) is 23.2 Å². The van der Waals surface area contributed by atoms with Gasteiger partial charge in [-0.3, -0.25) is 9.48 Å². The van der Waals surface area contributed by atoms with Gasteiger partial charge in [-0.2, -0.15) is 18.3 Å². The zero-order valence-electron chi connectivity index (χ0n) is 11.9. The number of aromatic nitrogens is 2. The van der Waals surface area contributed by atoms with Crippen molar-refractivity contribution < 1.29 is 22.4 Å². The first-order valence-electron chi connectivity index (χ1n) is 7.03. The Morgan fingerprint density at radius 3 is 2.65 bits per heavy atom. The lowest BCUT2D eigenvalue weighted by Crippen LogP contribution is -2.21. The topological polar surface area (TPSA) is 46.9 Å². The largest absolute Gasteiger partial charge is 0.435 e. The molecule has 1 saturated carbocycles. The summed E-state index contributed by atoms with van der Waals surface area (Å²) in [6.45, 7) is -0.349. The molecule has 0 bridgehead atoms. The highest BCUT2D eigenvalue weighted by atomic mass is 19.4. The van der Waals surface area contributed by atoms with Gasteiger partial charge >= 0.3 is 6.18 Å². The van der Waals surface area contributed by atoms with Crippen LogP contribution in [0.15, 0.2) is 30.3 Å². The third-order valence-corrected chi connectivity index (χ3v) is 3.50. The van der Waals surface area contributed by atoms with Crippen molar-refractivity contribution in [2.75, 3.05) is 5.32 Å². The minimum Gasteiger partial charge on any atom is -0.324 e. The van der Waals surface area contributed by atoms with E-state index in [1.54, 1.807) is 0 Å². The first-order chi connectivity index (χ1) is 10.8. The van der Waals surface area contributed by atoms with Crippen molar-refractivity contribution in [2.24, 2.45) is 0 Å². The maximum atomic E-state index is 13.1.